The molecule has 0 fully saturated rings. The van der Waals surface area contributed by atoms with E-state index in [9.17, 15) is 13.2 Å². The number of H-pyrrole nitrogens is 1. The van der Waals surface area contributed by atoms with Crippen LogP contribution in [0.2, 0.25) is 5.02 Å². The Balaban J connectivity index is 1.51. The summed E-state index contributed by atoms with van der Waals surface area (Å²) in [5.74, 6) is 0.419. The molecule has 2 aromatic heterocycles. The monoisotopic (exact) mass is 409 g/mol. The molecule has 11 heteroatoms. The lowest BCUT2D eigenvalue weighted by Crippen LogP contribution is -2.17. The highest BCUT2D eigenvalue weighted by molar-refractivity contribution is 6.31. The Morgan fingerprint density at radius 3 is 2.75 bits per heavy atom. The number of fused-ring (bicyclic) bond motifs is 1. The van der Waals surface area contributed by atoms with Crippen molar-refractivity contribution in [1.82, 2.24) is 20.6 Å². The first-order chi connectivity index (χ1) is 13.4. The molecule has 2 heterocycles. The van der Waals surface area contributed by atoms with Gasteiger partial charge in [0.25, 0.3) is 0 Å². The van der Waals surface area contributed by atoms with Crippen LogP contribution in [-0.2, 0) is 6.54 Å². The van der Waals surface area contributed by atoms with Crippen molar-refractivity contribution in [3.63, 3.8) is 0 Å². The quantitative estimate of drug-likeness (QED) is 0.493. The molecule has 4 rings (SSSR count). The van der Waals surface area contributed by atoms with Gasteiger partial charge in [-0.1, -0.05) is 17.7 Å². The molecule has 7 nitrogen and oxygen atoms in total. The van der Waals surface area contributed by atoms with E-state index in [4.69, 9.17) is 16.0 Å². The molecule has 28 heavy (non-hydrogen) atoms. The first kappa shape index (κ1) is 18.1. The van der Waals surface area contributed by atoms with Crippen LogP contribution in [0.3, 0.4) is 0 Å². The fourth-order valence-electron chi connectivity index (χ4n) is 2.64. The Hall–Kier alpha value is -3.27. The molecule has 2 N–H and O–H groups in total. The molecule has 0 unspecified atom stereocenters. The molecule has 0 saturated carbocycles. The summed E-state index contributed by atoms with van der Waals surface area (Å²) in [6.45, 7) is 0.352. The number of hydrogen-bond donors (Lipinski definition) is 2. The largest absolute Gasteiger partial charge is 0.573 e. The van der Waals surface area contributed by atoms with Gasteiger partial charge in [0.15, 0.2) is 5.76 Å². The number of aromatic nitrogens is 4. The predicted molar refractivity (Wildman–Crippen MR) is 94.8 cm³/mol. The number of aromatic amines is 1. The molecule has 2 aromatic carbocycles. The van der Waals surface area contributed by atoms with Crippen LogP contribution in [0.4, 0.5) is 18.9 Å². The van der Waals surface area contributed by atoms with Gasteiger partial charge >= 0.3 is 6.36 Å². The maximum atomic E-state index is 12.4. The van der Waals surface area contributed by atoms with Gasteiger partial charge in [-0.3, -0.25) is 0 Å². The number of halogens is 4. The first-order valence-electron chi connectivity index (χ1n) is 7.92. The number of nitrogens with one attached hydrogen (secondary N) is 2. The van der Waals surface area contributed by atoms with Gasteiger partial charge in [0.05, 0.1) is 0 Å². The minimum Gasteiger partial charge on any atom is -0.453 e. The van der Waals surface area contributed by atoms with Gasteiger partial charge in [-0.15, -0.1) is 23.4 Å². The normalized spacial score (nSPS) is 11.7. The minimum absolute atomic E-state index is 0.124. The van der Waals surface area contributed by atoms with E-state index >= 15 is 0 Å². The maximum absolute atomic E-state index is 12.4. The molecule has 0 atom stereocenters. The average Bonchev–Trinajstić information content (AvgIpc) is 3.26. The van der Waals surface area contributed by atoms with Crippen LogP contribution in [0.1, 0.15) is 5.56 Å². The van der Waals surface area contributed by atoms with Crippen molar-refractivity contribution in [3.8, 4) is 17.3 Å². The Morgan fingerprint density at radius 2 is 2.00 bits per heavy atom. The van der Waals surface area contributed by atoms with Crippen molar-refractivity contribution in [2.24, 2.45) is 0 Å². The van der Waals surface area contributed by atoms with Crippen LogP contribution < -0.4 is 10.1 Å². The number of anilines is 1. The summed E-state index contributed by atoms with van der Waals surface area (Å²) in [7, 11) is 0. The molecule has 0 amide bonds. The van der Waals surface area contributed by atoms with Crippen molar-refractivity contribution >= 4 is 28.3 Å². The fourth-order valence-corrected chi connectivity index (χ4v) is 2.87. The topological polar surface area (TPSA) is 88.9 Å². The van der Waals surface area contributed by atoms with Crippen LogP contribution in [0.25, 0.3) is 22.6 Å². The lowest BCUT2D eigenvalue weighted by Gasteiger charge is -2.12. The summed E-state index contributed by atoms with van der Waals surface area (Å²) in [6.07, 6.45) is -4.79. The Kier molecular flexibility index (Phi) is 4.55. The van der Waals surface area contributed by atoms with E-state index in [0.29, 0.717) is 29.4 Å². The Morgan fingerprint density at radius 1 is 1.14 bits per heavy atom. The zero-order valence-corrected chi connectivity index (χ0v) is 14.7. The second-order valence-electron chi connectivity index (χ2n) is 5.80. The van der Waals surface area contributed by atoms with Gasteiger partial charge < -0.3 is 14.5 Å². The van der Waals surface area contributed by atoms with E-state index in [1.807, 2.05) is 12.1 Å². The number of rotatable bonds is 5. The van der Waals surface area contributed by atoms with E-state index in [1.165, 1.54) is 12.1 Å². The zero-order valence-electron chi connectivity index (χ0n) is 13.9. The highest BCUT2D eigenvalue weighted by Gasteiger charge is 2.31. The number of furan rings is 1. The van der Waals surface area contributed by atoms with Crippen molar-refractivity contribution in [2.45, 2.75) is 12.9 Å². The van der Waals surface area contributed by atoms with Gasteiger partial charge in [-0.05, 0) is 41.1 Å². The number of benzene rings is 2. The number of alkyl halides is 3. The highest BCUT2D eigenvalue weighted by atomic mass is 35.5. The summed E-state index contributed by atoms with van der Waals surface area (Å²) in [4.78, 5) is 0. The number of hydrogen-bond acceptors (Lipinski definition) is 6. The predicted octanol–water partition coefficient (Wildman–Crippen LogP) is 4.78. The Labute approximate surface area is 160 Å². The van der Waals surface area contributed by atoms with E-state index in [0.717, 1.165) is 17.0 Å². The summed E-state index contributed by atoms with van der Waals surface area (Å²) in [5.41, 5.74) is 1.92. The standard InChI is InChI=1S/C17H11ClF3N5O2/c18-11-5-12(7-13(6-11)28-17(19,20)21)22-8-9-1-2-14-10(3-9)4-15(27-14)16-23-25-26-24-16/h1-7,22H,8H2,(H,23,24,25,26). The van der Waals surface area contributed by atoms with Crippen molar-refractivity contribution in [1.29, 1.82) is 0 Å². The summed E-state index contributed by atoms with van der Waals surface area (Å²) < 4.78 is 46.8. The van der Waals surface area contributed by atoms with Crippen molar-refractivity contribution in [2.75, 3.05) is 5.32 Å². The molecular weight excluding hydrogens is 399 g/mol. The number of nitrogens with zero attached hydrogens (tertiary/aromatic N) is 3. The number of tetrazole rings is 1. The second-order valence-corrected chi connectivity index (χ2v) is 6.23. The van der Waals surface area contributed by atoms with E-state index in [1.54, 1.807) is 12.1 Å². The third kappa shape index (κ3) is 4.17. The lowest BCUT2D eigenvalue weighted by molar-refractivity contribution is -0.274. The van der Waals surface area contributed by atoms with Gasteiger partial charge in [-0.2, -0.15) is 5.21 Å². The zero-order chi connectivity index (χ0) is 19.7. The third-order valence-electron chi connectivity index (χ3n) is 3.75. The first-order valence-corrected chi connectivity index (χ1v) is 8.30. The lowest BCUT2D eigenvalue weighted by atomic mass is 10.1. The van der Waals surface area contributed by atoms with Crippen molar-refractivity contribution in [3.05, 3.63) is 53.1 Å². The van der Waals surface area contributed by atoms with Gasteiger partial charge in [0.2, 0.25) is 5.82 Å². The summed E-state index contributed by atoms with van der Waals surface area (Å²) in [5, 5.41) is 17.5. The molecule has 0 radical (unpaired) electrons. The van der Waals surface area contributed by atoms with E-state index in [-0.39, 0.29) is 5.02 Å². The molecule has 4 aromatic rings. The second kappa shape index (κ2) is 7.04. The molecule has 0 aliphatic rings. The van der Waals surface area contributed by atoms with Crippen LogP contribution in [0.5, 0.6) is 5.75 Å². The SMILES string of the molecule is FC(F)(F)Oc1cc(Cl)cc(NCc2ccc3oc(-c4nn[nH]n4)cc3c2)c1. The molecule has 0 spiro atoms. The van der Waals surface area contributed by atoms with Gasteiger partial charge in [0, 0.05) is 28.7 Å². The molecule has 0 saturated heterocycles. The molecular formula is C17H11ClF3N5O2. The van der Waals surface area contributed by atoms with Crippen LogP contribution in [-0.4, -0.2) is 27.0 Å². The van der Waals surface area contributed by atoms with Gasteiger partial charge in [-0.25, -0.2) is 0 Å². The average molecular weight is 410 g/mol. The summed E-state index contributed by atoms with van der Waals surface area (Å²) in [6, 6.07) is 11.1. The summed E-state index contributed by atoms with van der Waals surface area (Å²) >= 11 is 5.87. The molecule has 144 valence electrons. The maximum Gasteiger partial charge on any atom is 0.573 e. The third-order valence-corrected chi connectivity index (χ3v) is 3.97. The van der Waals surface area contributed by atoms with Crippen LogP contribution in [0.15, 0.2) is 46.9 Å². The van der Waals surface area contributed by atoms with Crippen molar-refractivity contribution < 1.29 is 22.3 Å². The number of ether oxygens (including phenoxy) is 1. The Bertz CT molecular complexity index is 1110. The molecule has 0 aliphatic heterocycles. The smallest absolute Gasteiger partial charge is 0.453 e. The minimum atomic E-state index is -4.79. The highest BCUT2D eigenvalue weighted by Crippen LogP contribution is 2.30. The van der Waals surface area contributed by atoms with E-state index in [2.05, 4.69) is 30.7 Å². The molecule has 0 bridgehead atoms. The molecule has 0 aliphatic carbocycles. The van der Waals surface area contributed by atoms with Crippen LogP contribution >= 0.6 is 11.6 Å². The van der Waals surface area contributed by atoms with Crippen LogP contribution in [0, 0.1) is 0 Å². The fraction of sp³-hybridized carbons (Fsp3) is 0.118. The van der Waals surface area contributed by atoms with Gasteiger partial charge in [0.1, 0.15) is 11.3 Å². The van der Waals surface area contributed by atoms with E-state index < -0.39 is 12.1 Å².